The normalized spacial score (nSPS) is 10.0. The second-order valence-electron chi connectivity index (χ2n) is 2.09. The lowest BCUT2D eigenvalue weighted by atomic mass is 10.3. The molecular formula is C7H4N2O2S. The van der Waals surface area contributed by atoms with Gasteiger partial charge in [-0.05, 0) is 23.7 Å². The molecule has 0 aliphatic rings. The molecule has 0 saturated heterocycles. The highest BCUT2D eigenvalue weighted by atomic mass is 32.1. The van der Waals surface area contributed by atoms with Crippen molar-refractivity contribution in [2.45, 2.75) is 0 Å². The molecule has 0 radical (unpaired) electrons. The van der Waals surface area contributed by atoms with Gasteiger partial charge >= 0.3 is 0 Å². The van der Waals surface area contributed by atoms with Crippen molar-refractivity contribution < 1.29 is 9.21 Å². The SMILES string of the molecule is O=C(c1ccco1)c1cnns1. The summed E-state index contributed by atoms with van der Waals surface area (Å²) in [7, 11) is 0. The zero-order valence-corrected chi connectivity index (χ0v) is 6.75. The van der Waals surface area contributed by atoms with Crippen molar-refractivity contribution in [3.63, 3.8) is 0 Å². The highest BCUT2D eigenvalue weighted by Gasteiger charge is 2.13. The average Bonchev–Trinajstić information content (AvgIpc) is 2.77. The number of ketones is 1. The van der Waals surface area contributed by atoms with Crippen LogP contribution in [0.5, 0.6) is 0 Å². The van der Waals surface area contributed by atoms with Crippen LogP contribution in [0.1, 0.15) is 15.4 Å². The van der Waals surface area contributed by atoms with E-state index in [-0.39, 0.29) is 5.78 Å². The van der Waals surface area contributed by atoms with E-state index in [4.69, 9.17) is 4.42 Å². The van der Waals surface area contributed by atoms with Gasteiger partial charge in [-0.15, -0.1) is 5.10 Å². The van der Waals surface area contributed by atoms with Crippen LogP contribution in [0.2, 0.25) is 0 Å². The summed E-state index contributed by atoms with van der Waals surface area (Å²) in [6, 6.07) is 3.28. The molecule has 0 aliphatic heterocycles. The number of rotatable bonds is 2. The number of hydrogen-bond acceptors (Lipinski definition) is 5. The van der Waals surface area contributed by atoms with Crippen LogP contribution in [0.15, 0.2) is 29.0 Å². The van der Waals surface area contributed by atoms with Crippen LogP contribution < -0.4 is 0 Å². The fourth-order valence-electron chi connectivity index (χ4n) is 0.796. The molecule has 2 aromatic heterocycles. The Morgan fingerprint density at radius 3 is 3.08 bits per heavy atom. The summed E-state index contributed by atoms with van der Waals surface area (Å²) < 4.78 is 8.50. The predicted octanol–water partition coefficient (Wildman–Crippen LogP) is 1.36. The summed E-state index contributed by atoms with van der Waals surface area (Å²) in [5, 5.41) is 3.56. The Labute approximate surface area is 72.0 Å². The molecule has 0 bridgehead atoms. The van der Waals surface area contributed by atoms with E-state index >= 15 is 0 Å². The molecule has 0 unspecified atom stereocenters. The van der Waals surface area contributed by atoms with Crippen LogP contribution in [-0.2, 0) is 0 Å². The molecule has 0 aliphatic carbocycles. The Morgan fingerprint density at radius 1 is 1.58 bits per heavy atom. The van der Waals surface area contributed by atoms with Crippen molar-refractivity contribution in [1.82, 2.24) is 9.59 Å². The third-order valence-corrected chi connectivity index (χ3v) is 1.99. The smallest absolute Gasteiger partial charge is 0.241 e. The topological polar surface area (TPSA) is 56.0 Å². The Morgan fingerprint density at radius 2 is 2.50 bits per heavy atom. The highest BCUT2D eigenvalue weighted by molar-refractivity contribution is 7.08. The molecule has 0 spiro atoms. The second-order valence-corrected chi connectivity index (χ2v) is 2.87. The molecular weight excluding hydrogens is 176 g/mol. The number of aromatic nitrogens is 2. The minimum Gasteiger partial charge on any atom is -0.461 e. The maximum absolute atomic E-state index is 11.4. The summed E-state index contributed by atoms with van der Waals surface area (Å²) >= 11 is 1.06. The predicted molar refractivity (Wildman–Crippen MR) is 42.0 cm³/mol. The molecule has 4 nitrogen and oxygen atoms in total. The monoisotopic (exact) mass is 180 g/mol. The summed E-state index contributed by atoms with van der Waals surface area (Å²) in [5.74, 6) is 0.149. The van der Waals surface area contributed by atoms with Gasteiger partial charge in [0.1, 0.15) is 4.88 Å². The first-order chi connectivity index (χ1) is 5.88. The molecule has 2 heterocycles. The number of carbonyl (C=O) groups excluding carboxylic acids is 1. The van der Waals surface area contributed by atoms with Crippen LogP contribution >= 0.6 is 11.5 Å². The van der Waals surface area contributed by atoms with Gasteiger partial charge in [0.2, 0.25) is 5.78 Å². The van der Waals surface area contributed by atoms with Crippen molar-refractivity contribution in [3.05, 3.63) is 35.2 Å². The second kappa shape index (κ2) is 2.86. The minimum absolute atomic E-state index is 0.171. The Balaban J connectivity index is 2.34. The van der Waals surface area contributed by atoms with Gasteiger partial charge in [0.25, 0.3) is 0 Å². The molecule has 0 fully saturated rings. The van der Waals surface area contributed by atoms with Crippen molar-refractivity contribution in [1.29, 1.82) is 0 Å². The summed E-state index contributed by atoms with van der Waals surface area (Å²) in [4.78, 5) is 11.9. The van der Waals surface area contributed by atoms with Gasteiger partial charge in [0.05, 0.1) is 12.5 Å². The van der Waals surface area contributed by atoms with Crippen molar-refractivity contribution >= 4 is 17.3 Å². The van der Waals surface area contributed by atoms with E-state index in [0.717, 1.165) is 11.5 Å². The van der Waals surface area contributed by atoms with Crippen molar-refractivity contribution in [3.8, 4) is 0 Å². The zero-order valence-electron chi connectivity index (χ0n) is 5.93. The molecule has 2 aromatic rings. The molecule has 0 saturated carbocycles. The lowest BCUT2D eigenvalue weighted by Crippen LogP contribution is -1.95. The minimum atomic E-state index is -0.171. The number of nitrogens with zero attached hydrogens (tertiary/aromatic N) is 2. The molecule has 0 aromatic carbocycles. The molecule has 12 heavy (non-hydrogen) atoms. The van der Waals surface area contributed by atoms with E-state index in [9.17, 15) is 4.79 Å². The van der Waals surface area contributed by atoms with E-state index in [2.05, 4.69) is 9.59 Å². The Bertz CT molecular complexity index is 330. The quantitative estimate of drug-likeness (QED) is 0.655. The summed E-state index contributed by atoms with van der Waals surface area (Å²) in [5.41, 5.74) is 0. The van der Waals surface area contributed by atoms with E-state index in [1.54, 1.807) is 12.1 Å². The standard InChI is InChI=1S/C7H4N2O2S/c10-7(5-2-1-3-11-5)6-4-8-9-12-6/h1-4H. The number of hydrogen-bond donors (Lipinski definition) is 0. The van der Waals surface area contributed by atoms with Gasteiger partial charge in [-0.25, -0.2) is 0 Å². The highest BCUT2D eigenvalue weighted by Crippen LogP contribution is 2.11. The molecule has 0 atom stereocenters. The van der Waals surface area contributed by atoms with Gasteiger partial charge in [-0.2, -0.15) is 0 Å². The molecule has 5 heteroatoms. The van der Waals surface area contributed by atoms with Gasteiger partial charge < -0.3 is 4.42 Å². The van der Waals surface area contributed by atoms with Gasteiger partial charge in [0.15, 0.2) is 5.76 Å². The maximum Gasteiger partial charge on any atom is 0.241 e. The lowest BCUT2D eigenvalue weighted by molar-refractivity contribution is 0.101. The first-order valence-corrected chi connectivity index (χ1v) is 4.01. The van der Waals surface area contributed by atoms with E-state index in [1.165, 1.54) is 12.5 Å². The first-order valence-electron chi connectivity index (χ1n) is 3.23. The van der Waals surface area contributed by atoms with Crippen LogP contribution in [0.4, 0.5) is 0 Å². The summed E-state index contributed by atoms with van der Waals surface area (Å²) in [6.07, 6.45) is 2.89. The Kier molecular flexibility index (Phi) is 1.71. The van der Waals surface area contributed by atoms with Gasteiger partial charge in [0, 0.05) is 0 Å². The maximum atomic E-state index is 11.4. The van der Waals surface area contributed by atoms with Gasteiger partial charge in [-0.1, -0.05) is 4.49 Å². The summed E-state index contributed by atoms with van der Waals surface area (Å²) in [6.45, 7) is 0. The third-order valence-electron chi connectivity index (χ3n) is 1.33. The zero-order chi connectivity index (χ0) is 8.39. The molecule has 2 rings (SSSR count). The van der Waals surface area contributed by atoms with Crippen LogP contribution in [0, 0.1) is 0 Å². The average molecular weight is 180 g/mol. The van der Waals surface area contributed by atoms with E-state index in [1.807, 2.05) is 0 Å². The third kappa shape index (κ3) is 1.14. The lowest BCUT2D eigenvalue weighted by Gasteiger charge is -1.87. The van der Waals surface area contributed by atoms with Crippen LogP contribution in [-0.4, -0.2) is 15.4 Å². The largest absolute Gasteiger partial charge is 0.461 e. The number of carbonyl (C=O) groups is 1. The van der Waals surface area contributed by atoms with Crippen LogP contribution in [0.3, 0.4) is 0 Å². The van der Waals surface area contributed by atoms with E-state index in [0.29, 0.717) is 10.6 Å². The number of furan rings is 1. The van der Waals surface area contributed by atoms with Crippen molar-refractivity contribution in [2.24, 2.45) is 0 Å². The Hall–Kier alpha value is -1.49. The van der Waals surface area contributed by atoms with E-state index < -0.39 is 0 Å². The first kappa shape index (κ1) is 7.17. The van der Waals surface area contributed by atoms with Crippen LogP contribution in [0.25, 0.3) is 0 Å². The molecule has 0 amide bonds. The molecule has 60 valence electrons. The fourth-order valence-corrected chi connectivity index (χ4v) is 1.26. The molecule has 0 N–H and O–H groups in total. The van der Waals surface area contributed by atoms with Gasteiger partial charge in [-0.3, -0.25) is 4.79 Å². The fraction of sp³-hybridized carbons (Fsp3) is 0. The van der Waals surface area contributed by atoms with Crippen molar-refractivity contribution in [2.75, 3.05) is 0 Å².